The standard InChI is InChI=1S/C23H30N2O3/c1-17(2)18-9-11-19(12-10-18)24-22(26)15-25-14-13-21(23(3,27)16-25)28-20-7-5-4-6-8-20/h4-12,17,21,27H,13-16H2,1-3H3,(H,24,26)/t21-,23-/m0/s1. The van der Waals surface area contributed by atoms with Crippen LogP contribution in [0.5, 0.6) is 5.75 Å². The van der Waals surface area contributed by atoms with Crippen LogP contribution in [0.25, 0.3) is 0 Å². The predicted molar refractivity (Wildman–Crippen MR) is 112 cm³/mol. The van der Waals surface area contributed by atoms with Crippen molar-refractivity contribution >= 4 is 11.6 Å². The van der Waals surface area contributed by atoms with Crippen LogP contribution in [-0.4, -0.2) is 47.3 Å². The number of benzene rings is 2. The molecule has 2 N–H and O–H groups in total. The van der Waals surface area contributed by atoms with Gasteiger partial charge in [0.05, 0.1) is 6.54 Å². The van der Waals surface area contributed by atoms with Gasteiger partial charge in [-0.25, -0.2) is 0 Å². The molecular weight excluding hydrogens is 352 g/mol. The van der Waals surface area contributed by atoms with Gasteiger partial charge in [-0.05, 0) is 49.1 Å². The quantitative estimate of drug-likeness (QED) is 0.801. The summed E-state index contributed by atoms with van der Waals surface area (Å²) in [6.45, 7) is 7.40. The average molecular weight is 383 g/mol. The number of aliphatic hydroxyl groups is 1. The van der Waals surface area contributed by atoms with Crippen LogP contribution < -0.4 is 10.1 Å². The van der Waals surface area contributed by atoms with E-state index in [1.165, 1.54) is 5.56 Å². The number of ether oxygens (including phenoxy) is 1. The molecule has 0 unspecified atom stereocenters. The lowest BCUT2D eigenvalue weighted by Crippen LogP contribution is -2.58. The van der Waals surface area contributed by atoms with E-state index in [-0.39, 0.29) is 18.6 Å². The molecule has 5 heteroatoms. The van der Waals surface area contributed by atoms with E-state index in [0.29, 0.717) is 25.4 Å². The van der Waals surface area contributed by atoms with Crippen molar-refractivity contribution in [1.29, 1.82) is 0 Å². The first-order valence-electron chi connectivity index (χ1n) is 9.90. The SMILES string of the molecule is CC(C)c1ccc(NC(=O)CN2CC[C@H](Oc3ccccc3)[C@@](C)(O)C2)cc1. The number of carbonyl (C=O) groups is 1. The second-order valence-corrected chi connectivity index (χ2v) is 8.10. The lowest BCUT2D eigenvalue weighted by atomic mass is 9.91. The van der Waals surface area contributed by atoms with Crippen LogP contribution in [0.4, 0.5) is 5.69 Å². The Morgan fingerprint density at radius 3 is 2.50 bits per heavy atom. The van der Waals surface area contributed by atoms with Crippen LogP contribution in [0.3, 0.4) is 0 Å². The third-order valence-electron chi connectivity index (χ3n) is 5.19. The van der Waals surface area contributed by atoms with E-state index in [1.807, 2.05) is 59.5 Å². The number of β-amino-alcohol motifs (C(OH)–C–C–N with tert-alkyl or cyclic N) is 1. The first-order valence-corrected chi connectivity index (χ1v) is 9.90. The van der Waals surface area contributed by atoms with Gasteiger partial charge in [-0.1, -0.05) is 44.2 Å². The van der Waals surface area contributed by atoms with E-state index in [9.17, 15) is 9.90 Å². The Labute approximate surface area is 167 Å². The van der Waals surface area contributed by atoms with Crippen molar-refractivity contribution in [2.45, 2.75) is 44.8 Å². The molecule has 5 nitrogen and oxygen atoms in total. The monoisotopic (exact) mass is 382 g/mol. The Balaban J connectivity index is 1.52. The van der Waals surface area contributed by atoms with Gasteiger partial charge in [0.15, 0.2) is 0 Å². The number of hydrogen-bond donors (Lipinski definition) is 2. The maximum absolute atomic E-state index is 12.4. The van der Waals surface area contributed by atoms with Gasteiger partial charge < -0.3 is 15.2 Å². The molecule has 0 spiro atoms. The van der Waals surface area contributed by atoms with Gasteiger partial charge in [-0.2, -0.15) is 0 Å². The molecule has 1 aliphatic rings. The number of nitrogens with one attached hydrogen (secondary N) is 1. The Hall–Kier alpha value is -2.37. The second-order valence-electron chi connectivity index (χ2n) is 8.10. The Kier molecular flexibility index (Phi) is 6.37. The summed E-state index contributed by atoms with van der Waals surface area (Å²) < 4.78 is 5.97. The minimum Gasteiger partial charge on any atom is -0.487 e. The number of para-hydroxylation sites is 1. The molecule has 1 aliphatic heterocycles. The van der Waals surface area contributed by atoms with E-state index in [0.717, 1.165) is 11.4 Å². The Bertz CT molecular complexity index is 772. The maximum Gasteiger partial charge on any atom is 0.238 e. The van der Waals surface area contributed by atoms with Crippen molar-refractivity contribution in [2.75, 3.05) is 25.0 Å². The highest BCUT2D eigenvalue weighted by Crippen LogP contribution is 2.26. The maximum atomic E-state index is 12.4. The van der Waals surface area contributed by atoms with Gasteiger partial charge in [-0.15, -0.1) is 0 Å². The summed E-state index contributed by atoms with van der Waals surface area (Å²) in [7, 11) is 0. The molecule has 28 heavy (non-hydrogen) atoms. The zero-order chi connectivity index (χ0) is 20.1. The highest BCUT2D eigenvalue weighted by Gasteiger charge is 2.40. The number of hydrogen-bond acceptors (Lipinski definition) is 4. The number of rotatable bonds is 6. The molecule has 3 rings (SSSR count). The molecule has 1 saturated heterocycles. The van der Waals surface area contributed by atoms with Crippen LogP contribution in [0.2, 0.25) is 0 Å². The van der Waals surface area contributed by atoms with Crippen molar-refractivity contribution in [2.24, 2.45) is 0 Å². The Morgan fingerprint density at radius 1 is 1.21 bits per heavy atom. The normalized spacial score (nSPS) is 22.8. The highest BCUT2D eigenvalue weighted by atomic mass is 16.5. The third kappa shape index (κ3) is 5.33. The van der Waals surface area contributed by atoms with Crippen molar-refractivity contribution in [3.05, 3.63) is 60.2 Å². The van der Waals surface area contributed by atoms with Crippen LogP contribution in [-0.2, 0) is 4.79 Å². The molecule has 2 aromatic rings. The van der Waals surface area contributed by atoms with Crippen molar-refractivity contribution in [3.8, 4) is 5.75 Å². The smallest absolute Gasteiger partial charge is 0.238 e. The lowest BCUT2D eigenvalue weighted by molar-refractivity contribution is -0.123. The summed E-state index contributed by atoms with van der Waals surface area (Å²) >= 11 is 0. The fourth-order valence-electron chi connectivity index (χ4n) is 3.58. The fraction of sp³-hybridized carbons (Fsp3) is 0.435. The molecule has 2 aromatic carbocycles. The van der Waals surface area contributed by atoms with Crippen LogP contribution in [0.15, 0.2) is 54.6 Å². The summed E-state index contributed by atoms with van der Waals surface area (Å²) in [5, 5.41) is 13.8. The molecule has 0 bridgehead atoms. The Morgan fingerprint density at radius 2 is 1.89 bits per heavy atom. The average Bonchev–Trinajstić information content (AvgIpc) is 2.65. The molecule has 2 atom stereocenters. The summed E-state index contributed by atoms with van der Waals surface area (Å²) in [5.41, 5.74) is 1.02. The predicted octanol–water partition coefficient (Wildman–Crippen LogP) is 3.65. The second kappa shape index (κ2) is 8.76. The van der Waals surface area contributed by atoms with Crippen molar-refractivity contribution in [1.82, 2.24) is 4.90 Å². The fourth-order valence-corrected chi connectivity index (χ4v) is 3.58. The number of piperidine rings is 1. The van der Waals surface area contributed by atoms with Gasteiger partial charge >= 0.3 is 0 Å². The molecular formula is C23H30N2O3. The topological polar surface area (TPSA) is 61.8 Å². The molecule has 1 heterocycles. The van der Waals surface area contributed by atoms with E-state index in [4.69, 9.17) is 4.74 Å². The minimum absolute atomic E-state index is 0.0736. The summed E-state index contributed by atoms with van der Waals surface area (Å²) in [4.78, 5) is 14.4. The van der Waals surface area contributed by atoms with E-state index >= 15 is 0 Å². The molecule has 1 amide bonds. The number of likely N-dealkylation sites (tertiary alicyclic amines) is 1. The van der Waals surface area contributed by atoms with Crippen molar-refractivity contribution < 1.29 is 14.6 Å². The van der Waals surface area contributed by atoms with Gasteiger partial charge in [0, 0.05) is 18.8 Å². The van der Waals surface area contributed by atoms with Gasteiger partial charge in [0.2, 0.25) is 5.91 Å². The third-order valence-corrected chi connectivity index (χ3v) is 5.19. The van der Waals surface area contributed by atoms with Crippen LogP contribution in [0.1, 0.15) is 38.7 Å². The zero-order valence-corrected chi connectivity index (χ0v) is 16.9. The number of amides is 1. The van der Waals surface area contributed by atoms with Gasteiger partial charge in [0.1, 0.15) is 17.5 Å². The summed E-state index contributed by atoms with van der Waals surface area (Å²) in [6, 6.07) is 17.5. The van der Waals surface area contributed by atoms with Gasteiger partial charge in [0.25, 0.3) is 0 Å². The zero-order valence-electron chi connectivity index (χ0n) is 16.9. The summed E-state index contributed by atoms with van der Waals surface area (Å²) in [6.07, 6.45) is 0.371. The van der Waals surface area contributed by atoms with Gasteiger partial charge in [-0.3, -0.25) is 9.69 Å². The van der Waals surface area contributed by atoms with E-state index < -0.39 is 5.60 Å². The molecule has 0 aliphatic carbocycles. The number of anilines is 1. The first-order chi connectivity index (χ1) is 13.3. The molecule has 1 fully saturated rings. The van der Waals surface area contributed by atoms with Crippen LogP contribution in [0, 0.1) is 0 Å². The summed E-state index contributed by atoms with van der Waals surface area (Å²) in [5.74, 6) is 1.14. The highest BCUT2D eigenvalue weighted by molar-refractivity contribution is 5.92. The number of carbonyl (C=O) groups excluding carboxylic acids is 1. The molecule has 150 valence electrons. The molecule has 0 radical (unpaired) electrons. The van der Waals surface area contributed by atoms with Crippen molar-refractivity contribution in [3.63, 3.8) is 0 Å². The minimum atomic E-state index is -1.02. The first kappa shape index (κ1) is 20.4. The lowest BCUT2D eigenvalue weighted by Gasteiger charge is -2.42. The van der Waals surface area contributed by atoms with Crippen LogP contribution >= 0.6 is 0 Å². The largest absolute Gasteiger partial charge is 0.487 e. The molecule has 0 aromatic heterocycles. The van der Waals surface area contributed by atoms with E-state index in [2.05, 4.69) is 19.2 Å². The molecule has 0 saturated carbocycles. The van der Waals surface area contributed by atoms with E-state index in [1.54, 1.807) is 6.92 Å². The number of nitrogens with zero attached hydrogens (tertiary/aromatic N) is 1.